The maximum Gasteiger partial charge on any atom is 0.329 e. The summed E-state index contributed by atoms with van der Waals surface area (Å²) in [6.45, 7) is 2.16. The van der Waals surface area contributed by atoms with Crippen molar-refractivity contribution >= 4 is 51.5 Å². The number of benzene rings is 4. The molecule has 4 aromatic rings. The van der Waals surface area contributed by atoms with Crippen LogP contribution in [0.5, 0.6) is 0 Å². The van der Waals surface area contributed by atoms with E-state index in [4.69, 9.17) is 0 Å². The van der Waals surface area contributed by atoms with E-state index in [9.17, 15) is 19.2 Å². The number of amides is 4. The minimum absolute atomic E-state index is 0.189. The van der Waals surface area contributed by atoms with Gasteiger partial charge in [0, 0.05) is 23.1 Å². The van der Waals surface area contributed by atoms with Crippen molar-refractivity contribution in [2.75, 3.05) is 4.90 Å². The number of aryl methyl sites for hydroxylation is 1. The summed E-state index contributed by atoms with van der Waals surface area (Å²) in [6, 6.07) is 30.3. The van der Waals surface area contributed by atoms with Gasteiger partial charge in [-0.2, -0.15) is 5.10 Å². The number of hydrogen-bond acceptors (Lipinski definition) is 5. The van der Waals surface area contributed by atoms with Crippen molar-refractivity contribution in [2.45, 2.75) is 24.8 Å². The van der Waals surface area contributed by atoms with Gasteiger partial charge in [0.2, 0.25) is 11.8 Å². The lowest BCUT2D eigenvalue weighted by molar-refractivity contribution is -0.139. The molecule has 4 amide bonds. The average molecular weight is 648 g/mol. The van der Waals surface area contributed by atoms with Gasteiger partial charge in [0.25, 0.3) is 0 Å². The normalized spacial score (nSPS) is 22.9. The summed E-state index contributed by atoms with van der Waals surface area (Å²) in [6.07, 6.45) is 1.54. The number of carbonyl (C=O) groups is 4. The fraction of sp³-hybridized carbons (Fsp3) is 0.171. The van der Waals surface area contributed by atoms with Gasteiger partial charge < -0.3 is 5.32 Å². The number of imide groups is 1. The van der Waals surface area contributed by atoms with Crippen molar-refractivity contribution < 1.29 is 19.2 Å². The second kappa shape index (κ2) is 10.7. The number of carbonyl (C=O) groups excluding carboxylic acids is 4. The Balaban J connectivity index is 1.26. The van der Waals surface area contributed by atoms with E-state index < -0.39 is 29.1 Å². The molecule has 44 heavy (non-hydrogen) atoms. The summed E-state index contributed by atoms with van der Waals surface area (Å²) in [5.41, 5.74) is 7.26. The van der Waals surface area contributed by atoms with Crippen molar-refractivity contribution in [1.29, 1.82) is 0 Å². The number of nitrogens with zero attached hydrogens (tertiary/aromatic N) is 2. The van der Waals surface area contributed by atoms with Crippen LogP contribution >= 0.6 is 15.9 Å². The van der Waals surface area contributed by atoms with E-state index >= 15 is 0 Å². The maximum atomic E-state index is 14.4. The molecule has 8 rings (SSSR count). The van der Waals surface area contributed by atoms with Crippen molar-refractivity contribution in [1.82, 2.24) is 10.7 Å². The second-order valence-electron chi connectivity index (χ2n) is 11.4. The van der Waals surface area contributed by atoms with Gasteiger partial charge >= 0.3 is 11.8 Å². The standard InChI is InChI=1S/C35H27BrN4O4/c1-20-10-12-21(13-11-20)18-37-31(41)32(42)39-38-19-35-26-8-4-2-6-24(26)28(25-7-3-5-9-27(25)35)29-30(35)34(44)40(33(29)43)23-16-14-22(36)15-17-23/h2-17,19,28-30H,18H2,1H3,(H,37,41)(H,39,42)/b38-19-/t28?,29-,30+,35?/m1/s1. The van der Waals surface area contributed by atoms with Gasteiger partial charge in [-0.05, 0) is 59.0 Å². The van der Waals surface area contributed by atoms with Gasteiger partial charge in [-0.3, -0.25) is 19.2 Å². The first kappa shape index (κ1) is 27.9. The predicted molar refractivity (Wildman–Crippen MR) is 169 cm³/mol. The Bertz CT molecular complexity index is 1820. The molecular weight excluding hydrogens is 620 g/mol. The first-order chi connectivity index (χ1) is 21.3. The Morgan fingerprint density at radius 1 is 0.841 bits per heavy atom. The Morgan fingerprint density at radius 2 is 1.45 bits per heavy atom. The van der Waals surface area contributed by atoms with E-state index in [1.54, 1.807) is 30.5 Å². The molecule has 9 heteroatoms. The quantitative estimate of drug-likeness (QED) is 0.141. The van der Waals surface area contributed by atoms with Crippen molar-refractivity contribution in [3.63, 3.8) is 0 Å². The number of hydrogen-bond donors (Lipinski definition) is 2. The van der Waals surface area contributed by atoms with E-state index in [-0.39, 0.29) is 24.3 Å². The van der Waals surface area contributed by atoms with E-state index in [0.717, 1.165) is 37.9 Å². The molecule has 2 atom stereocenters. The molecule has 1 fully saturated rings. The molecule has 8 nitrogen and oxygen atoms in total. The van der Waals surface area contributed by atoms with Gasteiger partial charge in [0.05, 0.1) is 22.9 Å². The smallest absolute Gasteiger partial charge is 0.329 e. The number of rotatable bonds is 5. The third kappa shape index (κ3) is 4.22. The molecule has 2 bridgehead atoms. The van der Waals surface area contributed by atoms with Crippen LogP contribution in [0.1, 0.15) is 39.3 Å². The number of nitrogens with one attached hydrogen (secondary N) is 2. The summed E-state index contributed by atoms with van der Waals surface area (Å²) < 4.78 is 0.833. The van der Waals surface area contributed by atoms with Crippen LogP contribution in [0.25, 0.3) is 0 Å². The molecular formula is C35H27BrN4O4. The van der Waals surface area contributed by atoms with Crippen LogP contribution in [0.4, 0.5) is 5.69 Å². The minimum atomic E-state index is -1.16. The molecule has 1 aliphatic heterocycles. The highest BCUT2D eigenvalue weighted by Gasteiger charge is 2.68. The van der Waals surface area contributed by atoms with Crippen LogP contribution in [-0.4, -0.2) is 29.8 Å². The summed E-state index contributed by atoms with van der Waals surface area (Å²) in [7, 11) is 0. The molecule has 2 N–H and O–H groups in total. The fourth-order valence-corrected chi connectivity index (χ4v) is 7.37. The molecule has 1 heterocycles. The maximum absolute atomic E-state index is 14.4. The molecule has 0 saturated carbocycles. The third-order valence-electron chi connectivity index (χ3n) is 8.98. The second-order valence-corrected chi connectivity index (χ2v) is 12.3. The predicted octanol–water partition coefficient (Wildman–Crippen LogP) is 4.73. The Morgan fingerprint density at radius 3 is 2.09 bits per heavy atom. The van der Waals surface area contributed by atoms with Gasteiger partial charge in [0.1, 0.15) is 0 Å². The van der Waals surface area contributed by atoms with E-state index in [1.165, 1.54) is 4.90 Å². The number of hydrazone groups is 1. The Labute approximate surface area is 262 Å². The molecule has 1 saturated heterocycles. The van der Waals surface area contributed by atoms with Gasteiger partial charge in [-0.15, -0.1) is 0 Å². The first-order valence-corrected chi connectivity index (χ1v) is 15.1. The van der Waals surface area contributed by atoms with Crippen LogP contribution in [0.15, 0.2) is 107 Å². The van der Waals surface area contributed by atoms with E-state index in [2.05, 4.69) is 31.8 Å². The lowest BCUT2D eigenvalue weighted by atomic mass is 9.47. The molecule has 3 aliphatic carbocycles. The van der Waals surface area contributed by atoms with Crippen LogP contribution < -0.4 is 15.6 Å². The largest absolute Gasteiger partial charge is 0.344 e. The molecule has 0 spiro atoms. The van der Waals surface area contributed by atoms with Gasteiger partial charge in [-0.1, -0.05) is 94.3 Å². The van der Waals surface area contributed by atoms with Crippen molar-refractivity contribution in [2.24, 2.45) is 16.9 Å². The van der Waals surface area contributed by atoms with Crippen LogP contribution in [0, 0.1) is 18.8 Å². The summed E-state index contributed by atoms with van der Waals surface area (Å²) >= 11 is 3.43. The number of halogens is 1. The van der Waals surface area contributed by atoms with E-state index in [0.29, 0.717) is 5.69 Å². The summed E-state index contributed by atoms with van der Waals surface area (Å²) in [5.74, 6) is -4.15. The lowest BCUT2D eigenvalue weighted by Crippen LogP contribution is -2.55. The minimum Gasteiger partial charge on any atom is -0.344 e. The molecule has 4 aromatic carbocycles. The van der Waals surface area contributed by atoms with E-state index in [1.807, 2.05) is 79.7 Å². The zero-order valence-corrected chi connectivity index (χ0v) is 25.2. The topological polar surface area (TPSA) is 108 Å². The number of anilines is 1. The molecule has 0 radical (unpaired) electrons. The van der Waals surface area contributed by atoms with Gasteiger partial charge in [-0.25, -0.2) is 10.3 Å². The highest BCUT2D eigenvalue weighted by Crippen LogP contribution is 2.63. The zero-order valence-electron chi connectivity index (χ0n) is 23.7. The Kier molecular flexibility index (Phi) is 6.77. The SMILES string of the molecule is Cc1ccc(CNC(=O)C(=O)N/N=C\C23c4ccccc4C(c4ccccc42)[C@H]2C(=O)N(c4ccc(Br)cc4)C(=O)[C@H]23)cc1. The molecule has 0 unspecified atom stereocenters. The Hall–Kier alpha value is -4.89. The third-order valence-corrected chi connectivity index (χ3v) is 9.51. The average Bonchev–Trinajstić information content (AvgIpc) is 3.31. The summed E-state index contributed by atoms with van der Waals surface area (Å²) in [5, 5.41) is 6.92. The zero-order chi connectivity index (χ0) is 30.6. The molecule has 218 valence electrons. The highest BCUT2D eigenvalue weighted by molar-refractivity contribution is 9.10. The first-order valence-electron chi connectivity index (χ1n) is 14.3. The van der Waals surface area contributed by atoms with Crippen LogP contribution in [0.2, 0.25) is 0 Å². The molecule has 0 aromatic heterocycles. The van der Waals surface area contributed by atoms with Gasteiger partial charge in [0.15, 0.2) is 0 Å². The summed E-state index contributed by atoms with van der Waals surface area (Å²) in [4.78, 5) is 55.3. The van der Waals surface area contributed by atoms with Crippen molar-refractivity contribution in [3.05, 3.63) is 135 Å². The lowest BCUT2D eigenvalue weighted by Gasteiger charge is -2.52. The monoisotopic (exact) mass is 646 g/mol. The van der Waals surface area contributed by atoms with Crippen molar-refractivity contribution in [3.8, 4) is 0 Å². The molecule has 4 aliphatic rings. The fourth-order valence-electron chi connectivity index (χ4n) is 7.11. The highest BCUT2D eigenvalue weighted by atomic mass is 79.9. The van der Waals surface area contributed by atoms with Crippen LogP contribution in [-0.2, 0) is 31.1 Å². The van der Waals surface area contributed by atoms with Crippen LogP contribution in [0.3, 0.4) is 0 Å².